The van der Waals surface area contributed by atoms with E-state index in [4.69, 9.17) is 17.3 Å². The highest BCUT2D eigenvalue weighted by Crippen LogP contribution is 2.30. The van der Waals surface area contributed by atoms with Crippen molar-refractivity contribution in [3.05, 3.63) is 50.2 Å². The predicted molar refractivity (Wildman–Crippen MR) is 68.3 cm³/mol. The van der Waals surface area contributed by atoms with Gasteiger partial charge in [-0.3, -0.25) is 4.79 Å². The number of thiophene rings is 1. The minimum atomic E-state index is -1.10. The average molecular weight is 288 g/mol. The number of rotatable bonds is 2. The number of ketones is 1. The molecule has 0 spiro atoms. The fourth-order valence-electron chi connectivity index (χ4n) is 1.46. The highest BCUT2D eigenvalue weighted by Gasteiger charge is 2.18. The molecule has 6 heteroatoms. The Kier molecular flexibility index (Phi) is 3.36. The van der Waals surface area contributed by atoms with Crippen LogP contribution in [-0.4, -0.2) is 5.78 Å². The average Bonchev–Trinajstić information content (AvgIpc) is 2.63. The normalized spacial score (nSPS) is 10.7. The van der Waals surface area contributed by atoms with Crippen molar-refractivity contribution in [1.29, 1.82) is 0 Å². The van der Waals surface area contributed by atoms with Crippen molar-refractivity contribution < 1.29 is 13.6 Å². The minimum Gasteiger partial charge on any atom is -0.398 e. The molecule has 0 saturated carbocycles. The largest absolute Gasteiger partial charge is 0.398 e. The van der Waals surface area contributed by atoms with Crippen LogP contribution in [0.5, 0.6) is 0 Å². The Bertz CT molecular complexity index is 620. The number of nitrogens with two attached hydrogens (primary N) is 1. The van der Waals surface area contributed by atoms with Gasteiger partial charge in [0.2, 0.25) is 5.78 Å². The van der Waals surface area contributed by atoms with Gasteiger partial charge in [0.05, 0.1) is 9.21 Å². The van der Waals surface area contributed by atoms with E-state index in [1.807, 2.05) is 0 Å². The van der Waals surface area contributed by atoms with Crippen molar-refractivity contribution >= 4 is 34.4 Å². The molecule has 0 amide bonds. The molecule has 0 aliphatic carbocycles. The molecule has 0 atom stereocenters. The number of carbonyl (C=O) groups excluding carboxylic acids is 1. The van der Waals surface area contributed by atoms with E-state index in [0.717, 1.165) is 29.0 Å². The molecule has 0 fully saturated rings. The molecule has 94 valence electrons. The molecule has 0 aliphatic heterocycles. The Morgan fingerprint density at radius 1 is 1.28 bits per heavy atom. The smallest absolute Gasteiger partial charge is 0.205 e. The summed E-state index contributed by atoms with van der Waals surface area (Å²) in [5, 5.41) is 0. The second kappa shape index (κ2) is 4.66. The molecular weight excluding hydrogens is 280 g/mol. The van der Waals surface area contributed by atoms with Crippen LogP contribution in [-0.2, 0) is 0 Å². The van der Waals surface area contributed by atoms with Gasteiger partial charge in [0.15, 0.2) is 11.6 Å². The third-order valence-corrected chi connectivity index (χ3v) is 3.97. The molecule has 2 N–H and O–H groups in total. The number of benzene rings is 1. The summed E-state index contributed by atoms with van der Waals surface area (Å²) in [5.41, 5.74) is 6.11. The van der Waals surface area contributed by atoms with Gasteiger partial charge in [0.25, 0.3) is 0 Å². The summed E-state index contributed by atoms with van der Waals surface area (Å²) in [4.78, 5) is 12.4. The van der Waals surface area contributed by atoms with Crippen molar-refractivity contribution in [1.82, 2.24) is 0 Å². The van der Waals surface area contributed by atoms with Crippen molar-refractivity contribution in [2.24, 2.45) is 0 Å². The van der Waals surface area contributed by atoms with E-state index in [1.54, 1.807) is 13.0 Å². The summed E-state index contributed by atoms with van der Waals surface area (Å²) in [5.74, 6) is -2.65. The molecule has 1 heterocycles. The Morgan fingerprint density at radius 2 is 1.89 bits per heavy atom. The third kappa shape index (κ3) is 2.23. The molecule has 0 aliphatic rings. The van der Waals surface area contributed by atoms with Crippen LogP contribution in [0.2, 0.25) is 4.34 Å². The van der Waals surface area contributed by atoms with Gasteiger partial charge in [0.1, 0.15) is 0 Å². The number of aryl methyl sites for hydroxylation is 1. The zero-order chi connectivity index (χ0) is 13.4. The standard InChI is InChI=1S/C12H8ClF2NOS/c1-5-2-10(18-12(5)13)11(17)6-3-7(14)8(15)4-9(6)16/h2-4H,16H2,1H3. The maximum atomic E-state index is 13.1. The summed E-state index contributed by atoms with van der Waals surface area (Å²) in [6.07, 6.45) is 0. The zero-order valence-electron chi connectivity index (χ0n) is 9.26. The van der Waals surface area contributed by atoms with Crippen LogP contribution >= 0.6 is 22.9 Å². The van der Waals surface area contributed by atoms with Gasteiger partial charge in [-0.2, -0.15) is 0 Å². The number of hydrogen-bond acceptors (Lipinski definition) is 3. The predicted octanol–water partition coefficient (Wildman–Crippen LogP) is 3.80. The monoisotopic (exact) mass is 287 g/mol. The molecule has 0 bridgehead atoms. The van der Waals surface area contributed by atoms with E-state index in [2.05, 4.69) is 0 Å². The van der Waals surface area contributed by atoms with Crippen LogP contribution < -0.4 is 5.73 Å². The molecule has 0 unspecified atom stereocenters. The number of carbonyl (C=O) groups is 1. The van der Waals surface area contributed by atoms with Gasteiger partial charge in [-0.1, -0.05) is 11.6 Å². The number of nitrogen functional groups attached to an aromatic ring is 1. The Balaban J connectivity index is 2.49. The lowest BCUT2D eigenvalue weighted by molar-refractivity contribution is 0.104. The highest BCUT2D eigenvalue weighted by atomic mass is 35.5. The number of halogens is 3. The van der Waals surface area contributed by atoms with E-state index >= 15 is 0 Å². The lowest BCUT2D eigenvalue weighted by Gasteiger charge is -2.04. The van der Waals surface area contributed by atoms with E-state index in [1.165, 1.54) is 0 Å². The molecule has 2 nitrogen and oxygen atoms in total. The quantitative estimate of drug-likeness (QED) is 0.674. The van der Waals surface area contributed by atoms with Gasteiger partial charge in [-0.25, -0.2) is 8.78 Å². The molecule has 18 heavy (non-hydrogen) atoms. The van der Waals surface area contributed by atoms with Crippen LogP contribution in [0.1, 0.15) is 20.8 Å². The van der Waals surface area contributed by atoms with E-state index in [9.17, 15) is 13.6 Å². The SMILES string of the molecule is Cc1cc(C(=O)c2cc(F)c(F)cc2N)sc1Cl. The maximum absolute atomic E-state index is 13.1. The van der Waals surface area contributed by atoms with Crippen LogP contribution in [0.4, 0.5) is 14.5 Å². The number of hydrogen-bond donors (Lipinski definition) is 1. The summed E-state index contributed by atoms with van der Waals surface area (Å²) < 4.78 is 26.5. The fraction of sp³-hybridized carbons (Fsp3) is 0.0833. The van der Waals surface area contributed by atoms with Gasteiger partial charge >= 0.3 is 0 Å². The Morgan fingerprint density at radius 3 is 2.44 bits per heavy atom. The van der Waals surface area contributed by atoms with E-state index in [-0.39, 0.29) is 11.3 Å². The first-order valence-electron chi connectivity index (χ1n) is 4.95. The van der Waals surface area contributed by atoms with Gasteiger partial charge < -0.3 is 5.73 Å². The molecule has 2 rings (SSSR count). The Labute approximate surface area is 111 Å². The van der Waals surface area contributed by atoms with Crippen molar-refractivity contribution in [3.63, 3.8) is 0 Å². The fourth-order valence-corrected chi connectivity index (χ4v) is 2.62. The first-order valence-corrected chi connectivity index (χ1v) is 6.14. The summed E-state index contributed by atoms with van der Waals surface area (Å²) in [6.45, 7) is 1.75. The zero-order valence-corrected chi connectivity index (χ0v) is 10.8. The Hall–Kier alpha value is -1.46. The lowest BCUT2D eigenvalue weighted by Crippen LogP contribution is -2.05. The topological polar surface area (TPSA) is 43.1 Å². The van der Waals surface area contributed by atoms with E-state index < -0.39 is 17.4 Å². The minimum absolute atomic E-state index is 0.0631. The molecule has 2 aromatic rings. The molecule has 1 aromatic carbocycles. The van der Waals surface area contributed by atoms with Gasteiger partial charge in [0, 0.05) is 17.3 Å². The maximum Gasteiger partial charge on any atom is 0.205 e. The summed E-state index contributed by atoms with van der Waals surface area (Å²) >= 11 is 6.94. The highest BCUT2D eigenvalue weighted by molar-refractivity contribution is 7.18. The molecular formula is C12H8ClF2NOS. The van der Waals surface area contributed by atoms with Gasteiger partial charge in [-0.15, -0.1) is 11.3 Å². The number of anilines is 1. The van der Waals surface area contributed by atoms with Crippen LogP contribution in [0.3, 0.4) is 0 Å². The van der Waals surface area contributed by atoms with Crippen molar-refractivity contribution in [3.8, 4) is 0 Å². The van der Waals surface area contributed by atoms with Crippen LogP contribution in [0, 0.1) is 18.6 Å². The first kappa shape index (κ1) is 13.0. The van der Waals surface area contributed by atoms with Gasteiger partial charge in [-0.05, 0) is 24.6 Å². The van der Waals surface area contributed by atoms with E-state index in [0.29, 0.717) is 9.21 Å². The summed E-state index contributed by atoms with van der Waals surface area (Å²) in [6, 6.07) is 3.19. The van der Waals surface area contributed by atoms with Crippen molar-refractivity contribution in [2.45, 2.75) is 6.92 Å². The molecule has 1 aromatic heterocycles. The molecule has 0 saturated heterocycles. The summed E-state index contributed by atoms with van der Waals surface area (Å²) in [7, 11) is 0. The van der Waals surface area contributed by atoms with Crippen molar-refractivity contribution in [2.75, 3.05) is 5.73 Å². The van der Waals surface area contributed by atoms with Crippen LogP contribution in [0.15, 0.2) is 18.2 Å². The second-order valence-electron chi connectivity index (χ2n) is 3.75. The third-order valence-electron chi connectivity index (χ3n) is 2.42. The van der Waals surface area contributed by atoms with Crippen LogP contribution in [0.25, 0.3) is 0 Å². The first-order chi connectivity index (χ1) is 8.40. The second-order valence-corrected chi connectivity index (χ2v) is 5.40. The molecule has 0 radical (unpaired) electrons. The lowest BCUT2D eigenvalue weighted by atomic mass is 10.1.